The van der Waals surface area contributed by atoms with Crippen LogP contribution in [0.4, 0.5) is 29.7 Å². The topological polar surface area (TPSA) is 37.4 Å². The number of nitrogens with one attached hydrogen (secondary N) is 1. The van der Waals surface area contributed by atoms with Crippen molar-refractivity contribution in [2.24, 2.45) is 0 Å². The van der Waals surface area contributed by atoms with Gasteiger partial charge >= 0.3 is 6.36 Å². The summed E-state index contributed by atoms with van der Waals surface area (Å²) in [5, 5.41) is 5.90. The van der Waals surface area contributed by atoms with Gasteiger partial charge in [-0.25, -0.2) is 4.98 Å². The van der Waals surface area contributed by atoms with Gasteiger partial charge in [0.1, 0.15) is 5.75 Å². The number of thiazole rings is 1. The molecule has 0 saturated carbocycles. The molecule has 8 heteroatoms. The fourth-order valence-corrected chi connectivity index (χ4v) is 3.71. The van der Waals surface area contributed by atoms with Crippen LogP contribution in [0.2, 0.25) is 0 Å². The zero-order chi connectivity index (χ0) is 21.0. The van der Waals surface area contributed by atoms with E-state index in [1.165, 1.54) is 29.2 Å². The van der Waals surface area contributed by atoms with Gasteiger partial charge in [-0.2, -0.15) is 0 Å². The Balaban J connectivity index is 1.72. The van der Waals surface area contributed by atoms with Crippen LogP contribution in [0.5, 0.6) is 5.75 Å². The van der Waals surface area contributed by atoms with Crippen molar-refractivity contribution in [3.8, 4) is 17.0 Å². The zero-order valence-electron chi connectivity index (χ0n) is 16.4. The smallest absolute Gasteiger partial charge is 0.406 e. The standard InChI is InChI=1S/C21H22F3N3OS/c1-4-27(5-2)16-8-11-18(14(3)12-16)25-20-26-19(13-29-20)15-6-9-17(10-7-15)28-21(22,23)24/h6-13H,4-5H2,1-3H3,(H,25,26). The molecule has 0 amide bonds. The third-order valence-electron chi connectivity index (χ3n) is 4.47. The summed E-state index contributed by atoms with van der Waals surface area (Å²) in [6.07, 6.45) is -4.70. The van der Waals surface area contributed by atoms with Gasteiger partial charge in [-0.05, 0) is 68.8 Å². The molecule has 0 aliphatic carbocycles. The highest BCUT2D eigenvalue weighted by Gasteiger charge is 2.31. The Morgan fingerprint density at radius 2 is 1.76 bits per heavy atom. The lowest BCUT2D eigenvalue weighted by Gasteiger charge is -2.22. The quantitative estimate of drug-likeness (QED) is 0.466. The van der Waals surface area contributed by atoms with Gasteiger partial charge in [-0.1, -0.05) is 0 Å². The van der Waals surface area contributed by atoms with Crippen molar-refractivity contribution in [3.63, 3.8) is 0 Å². The van der Waals surface area contributed by atoms with Crippen LogP contribution in [-0.4, -0.2) is 24.4 Å². The van der Waals surface area contributed by atoms with Crippen molar-refractivity contribution in [1.82, 2.24) is 4.98 Å². The molecule has 0 atom stereocenters. The highest BCUT2D eigenvalue weighted by molar-refractivity contribution is 7.14. The van der Waals surface area contributed by atoms with E-state index in [0.717, 1.165) is 29.9 Å². The summed E-state index contributed by atoms with van der Waals surface area (Å²) in [5.74, 6) is -0.251. The van der Waals surface area contributed by atoms with Crippen LogP contribution >= 0.6 is 11.3 Å². The molecule has 0 aliphatic rings. The van der Waals surface area contributed by atoms with Gasteiger partial charge in [0.2, 0.25) is 0 Å². The van der Waals surface area contributed by atoms with Crippen LogP contribution in [0.25, 0.3) is 11.3 Å². The lowest BCUT2D eigenvalue weighted by molar-refractivity contribution is -0.274. The monoisotopic (exact) mass is 421 g/mol. The van der Waals surface area contributed by atoms with Crippen molar-refractivity contribution in [3.05, 3.63) is 53.4 Å². The number of hydrogen-bond acceptors (Lipinski definition) is 5. The summed E-state index contributed by atoms with van der Waals surface area (Å²) in [5.41, 5.74) is 4.67. The maximum absolute atomic E-state index is 12.3. The second kappa shape index (κ2) is 8.73. The van der Waals surface area contributed by atoms with Crippen molar-refractivity contribution in [2.75, 3.05) is 23.3 Å². The maximum atomic E-state index is 12.3. The summed E-state index contributed by atoms with van der Waals surface area (Å²) < 4.78 is 40.7. The van der Waals surface area contributed by atoms with E-state index in [9.17, 15) is 13.2 Å². The SMILES string of the molecule is CCN(CC)c1ccc(Nc2nc(-c3ccc(OC(F)(F)F)cc3)cs2)c(C)c1. The number of anilines is 3. The van der Waals surface area contributed by atoms with E-state index in [2.05, 4.69) is 45.9 Å². The molecule has 29 heavy (non-hydrogen) atoms. The van der Waals surface area contributed by atoms with E-state index < -0.39 is 6.36 Å². The predicted molar refractivity (Wildman–Crippen MR) is 112 cm³/mol. The zero-order valence-corrected chi connectivity index (χ0v) is 17.2. The van der Waals surface area contributed by atoms with E-state index in [-0.39, 0.29) is 5.75 Å². The lowest BCUT2D eigenvalue weighted by atomic mass is 10.1. The fraction of sp³-hybridized carbons (Fsp3) is 0.286. The first-order valence-electron chi connectivity index (χ1n) is 9.23. The normalized spacial score (nSPS) is 11.4. The summed E-state index contributed by atoms with van der Waals surface area (Å²) >= 11 is 1.44. The summed E-state index contributed by atoms with van der Waals surface area (Å²) in [7, 11) is 0. The average molecular weight is 421 g/mol. The second-order valence-corrected chi connectivity index (χ2v) is 7.26. The fourth-order valence-electron chi connectivity index (χ4n) is 2.98. The first kappa shape index (κ1) is 21.0. The van der Waals surface area contributed by atoms with Crippen LogP contribution in [0.1, 0.15) is 19.4 Å². The van der Waals surface area contributed by atoms with E-state index in [1.54, 1.807) is 12.1 Å². The largest absolute Gasteiger partial charge is 0.573 e. The number of rotatable bonds is 7. The second-order valence-electron chi connectivity index (χ2n) is 6.41. The van der Waals surface area contributed by atoms with Crippen molar-refractivity contribution < 1.29 is 17.9 Å². The Kier molecular flexibility index (Phi) is 6.32. The minimum atomic E-state index is -4.70. The molecule has 0 saturated heterocycles. The van der Waals surface area contributed by atoms with E-state index in [4.69, 9.17) is 0 Å². The van der Waals surface area contributed by atoms with Gasteiger partial charge in [-0.15, -0.1) is 24.5 Å². The van der Waals surface area contributed by atoms with Crippen molar-refractivity contribution in [1.29, 1.82) is 0 Å². The highest BCUT2D eigenvalue weighted by atomic mass is 32.1. The number of nitrogens with zero attached hydrogens (tertiary/aromatic N) is 2. The third kappa shape index (κ3) is 5.41. The van der Waals surface area contributed by atoms with Gasteiger partial charge in [0.05, 0.1) is 5.69 Å². The minimum absolute atomic E-state index is 0.251. The number of alkyl halides is 3. The van der Waals surface area contributed by atoms with Crippen LogP contribution in [0, 0.1) is 6.92 Å². The number of aryl methyl sites for hydroxylation is 1. The molecule has 1 aromatic heterocycles. The number of benzene rings is 2. The summed E-state index contributed by atoms with van der Waals surface area (Å²) in [6, 6.07) is 11.9. The van der Waals surface area contributed by atoms with Gasteiger partial charge < -0.3 is 15.0 Å². The van der Waals surface area contributed by atoms with E-state index >= 15 is 0 Å². The number of aromatic nitrogens is 1. The molecular weight excluding hydrogens is 399 g/mol. The average Bonchev–Trinajstić information content (AvgIpc) is 3.13. The van der Waals surface area contributed by atoms with Gasteiger partial charge in [0, 0.05) is 35.4 Å². The number of hydrogen-bond donors (Lipinski definition) is 1. The molecule has 0 aliphatic heterocycles. The van der Waals surface area contributed by atoms with Gasteiger partial charge in [0.25, 0.3) is 0 Å². The minimum Gasteiger partial charge on any atom is -0.406 e. The number of ether oxygens (including phenoxy) is 1. The molecule has 0 radical (unpaired) electrons. The Morgan fingerprint density at radius 3 is 2.34 bits per heavy atom. The molecule has 3 rings (SSSR count). The third-order valence-corrected chi connectivity index (χ3v) is 5.23. The Bertz CT molecular complexity index is 951. The first-order chi connectivity index (χ1) is 13.8. The maximum Gasteiger partial charge on any atom is 0.573 e. The molecule has 0 fully saturated rings. The van der Waals surface area contributed by atoms with Crippen LogP contribution in [0.3, 0.4) is 0 Å². The van der Waals surface area contributed by atoms with Crippen molar-refractivity contribution in [2.45, 2.75) is 27.1 Å². The van der Waals surface area contributed by atoms with Crippen LogP contribution in [-0.2, 0) is 0 Å². The van der Waals surface area contributed by atoms with Crippen LogP contribution < -0.4 is 15.0 Å². The Morgan fingerprint density at radius 1 is 1.07 bits per heavy atom. The summed E-state index contributed by atoms with van der Waals surface area (Å²) in [6.45, 7) is 8.20. The molecule has 3 aromatic rings. The molecule has 4 nitrogen and oxygen atoms in total. The first-order valence-corrected chi connectivity index (χ1v) is 10.1. The molecule has 1 N–H and O–H groups in total. The van der Waals surface area contributed by atoms with Gasteiger partial charge in [-0.3, -0.25) is 0 Å². The molecule has 154 valence electrons. The van der Waals surface area contributed by atoms with Crippen molar-refractivity contribution >= 4 is 27.8 Å². The molecule has 2 aromatic carbocycles. The highest BCUT2D eigenvalue weighted by Crippen LogP contribution is 2.31. The Labute approximate surface area is 172 Å². The molecule has 0 spiro atoms. The Hall–Kier alpha value is -2.74. The van der Waals surface area contributed by atoms with Gasteiger partial charge in [0.15, 0.2) is 5.13 Å². The van der Waals surface area contributed by atoms with E-state index in [0.29, 0.717) is 10.8 Å². The predicted octanol–water partition coefficient (Wildman–Crippen LogP) is 6.61. The summed E-state index contributed by atoms with van der Waals surface area (Å²) in [4.78, 5) is 6.83. The molecular formula is C21H22F3N3OS. The molecule has 0 bridgehead atoms. The number of halogens is 3. The molecule has 1 heterocycles. The van der Waals surface area contributed by atoms with E-state index in [1.807, 2.05) is 18.4 Å². The van der Waals surface area contributed by atoms with Crippen LogP contribution in [0.15, 0.2) is 47.8 Å². The molecule has 0 unspecified atom stereocenters. The lowest BCUT2D eigenvalue weighted by Crippen LogP contribution is -2.21.